The second-order valence-electron chi connectivity index (χ2n) is 0.676. The second-order valence-corrected chi connectivity index (χ2v) is 1.32. The molecule has 0 atom stereocenters. The highest BCUT2D eigenvalue weighted by Crippen LogP contribution is 1.66. The van der Waals surface area contributed by atoms with Crippen LogP contribution in [-0.2, 0) is 15.9 Å². The van der Waals surface area contributed by atoms with Crippen LogP contribution in [0.1, 0.15) is 6.42 Å². The molecule has 1 radical (unpaired) electrons. The summed E-state index contributed by atoms with van der Waals surface area (Å²) in [5.41, 5.74) is 0. The van der Waals surface area contributed by atoms with Crippen molar-refractivity contribution in [2.24, 2.45) is 0 Å². The fourth-order valence-corrected chi connectivity index (χ4v) is 0.177. The highest BCUT2D eigenvalue weighted by atomic mass is 32.1. The smallest absolute Gasteiger partial charge is 0.0479 e. The van der Waals surface area contributed by atoms with Crippen molar-refractivity contribution in [3.8, 4) is 0 Å². The lowest BCUT2D eigenvalue weighted by Gasteiger charge is -1.53. The van der Waals surface area contributed by atoms with Crippen molar-refractivity contribution < 1.29 is 4.21 Å². The molecule has 0 aromatic rings. The maximum atomic E-state index is 9.41. The van der Waals surface area contributed by atoms with E-state index >= 15 is 0 Å². The molecule has 0 spiro atoms. The first-order valence-corrected chi connectivity index (χ1v) is 2.37. The largest absolute Gasteiger partial charge is 0.458 e. The van der Waals surface area contributed by atoms with Crippen LogP contribution in [0.5, 0.6) is 0 Å². The summed E-state index contributed by atoms with van der Waals surface area (Å²) >= 11 is 0.589. The van der Waals surface area contributed by atoms with Gasteiger partial charge in [-0.3, -0.25) is 0 Å². The van der Waals surface area contributed by atoms with Gasteiger partial charge in [0.2, 0.25) is 5.75 Å². The first kappa shape index (κ1) is 5.02. The van der Waals surface area contributed by atoms with Gasteiger partial charge in [0.1, 0.15) is 0 Å². The third kappa shape index (κ3) is 4.02. The van der Waals surface area contributed by atoms with Crippen LogP contribution in [0, 0.1) is 6.92 Å². The number of hydrogen-bond donors (Lipinski definition) is 0. The van der Waals surface area contributed by atoms with Crippen molar-refractivity contribution >= 4 is 11.7 Å². The van der Waals surface area contributed by atoms with Gasteiger partial charge in [-0.2, -0.15) is 0 Å². The second kappa shape index (κ2) is 4.02. The lowest BCUT2D eigenvalue weighted by molar-refractivity contribution is 0.604. The van der Waals surface area contributed by atoms with Crippen molar-refractivity contribution in [3.63, 3.8) is 0 Å². The summed E-state index contributed by atoms with van der Waals surface area (Å²) in [6.45, 7) is 3.45. The molecule has 29 valence electrons. The van der Waals surface area contributed by atoms with E-state index in [4.69, 9.17) is 0 Å². The average Bonchev–Trinajstić information content (AvgIpc) is 1.41. The molecule has 0 rings (SSSR count). The van der Waals surface area contributed by atoms with Gasteiger partial charge in [-0.25, -0.2) is 0 Å². The van der Waals surface area contributed by atoms with Crippen molar-refractivity contribution in [1.29, 1.82) is 0 Å². The number of hydrogen-bond acceptors (Lipinski definition) is 1. The van der Waals surface area contributed by atoms with Crippen LogP contribution in [0.25, 0.3) is 0 Å². The summed E-state index contributed by atoms with van der Waals surface area (Å²) in [5, 5.41) is 0. The van der Waals surface area contributed by atoms with Crippen LogP contribution in [0.15, 0.2) is 0 Å². The zero-order chi connectivity index (χ0) is 4.12. The summed E-state index contributed by atoms with van der Waals surface area (Å²) < 4.78 is 9.41. The molecule has 0 bridgehead atoms. The minimum atomic E-state index is 0.589. The zero-order valence-electron chi connectivity index (χ0n) is 2.94. The van der Waals surface area contributed by atoms with Crippen LogP contribution >= 0.6 is 0 Å². The van der Waals surface area contributed by atoms with Crippen LogP contribution in [0.4, 0.5) is 0 Å². The fourth-order valence-electron chi connectivity index (χ4n) is 0.0589. The standard InChI is InChI=1S/C3H6OS/c1-2-3-5-4/h1-3H2/q+1. The van der Waals surface area contributed by atoms with Gasteiger partial charge in [0, 0.05) is 10.6 Å². The molecule has 0 aromatic carbocycles. The minimum Gasteiger partial charge on any atom is -0.0479 e. The van der Waals surface area contributed by atoms with Gasteiger partial charge in [0.05, 0.1) is 0 Å². The molecule has 0 aromatic heterocycles. The Kier molecular flexibility index (Phi) is 4.04. The molecule has 0 amide bonds. The van der Waals surface area contributed by atoms with Gasteiger partial charge in [0.15, 0.2) is 0 Å². The van der Waals surface area contributed by atoms with Gasteiger partial charge < -0.3 is 0 Å². The van der Waals surface area contributed by atoms with Crippen LogP contribution in [0.3, 0.4) is 0 Å². The monoisotopic (exact) mass is 90.0 g/mol. The molecule has 0 saturated heterocycles. The Bertz CT molecular complexity index is 28.1. The molecule has 0 aliphatic carbocycles. The van der Waals surface area contributed by atoms with E-state index in [1.54, 1.807) is 0 Å². The van der Waals surface area contributed by atoms with E-state index < -0.39 is 0 Å². The molecule has 2 heteroatoms. The van der Waals surface area contributed by atoms with Crippen molar-refractivity contribution in [1.82, 2.24) is 0 Å². The first-order valence-electron chi connectivity index (χ1n) is 1.46. The molecule has 1 nitrogen and oxygen atoms in total. The Morgan fingerprint density at radius 2 is 2.40 bits per heavy atom. The average molecular weight is 90.1 g/mol. The Hall–Kier alpha value is 0.0200. The molecule has 0 N–H and O–H groups in total. The Morgan fingerprint density at radius 3 is 2.40 bits per heavy atom. The van der Waals surface area contributed by atoms with Gasteiger partial charge in [-0.1, -0.05) is 0 Å². The summed E-state index contributed by atoms with van der Waals surface area (Å²) in [6.07, 6.45) is 0.744. The lowest BCUT2D eigenvalue weighted by atomic mass is 10.6. The highest BCUT2D eigenvalue weighted by Gasteiger charge is 1.86. The van der Waals surface area contributed by atoms with E-state index in [9.17, 15) is 4.21 Å². The minimum absolute atomic E-state index is 0.589. The normalized spacial score (nSPS) is 7.40. The van der Waals surface area contributed by atoms with Gasteiger partial charge in [-0.15, -0.1) is 0 Å². The first-order chi connectivity index (χ1) is 2.41. The summed E-state index contributed by atoms with van der Waals surface area (Å²) in [5.74, 6) is 0.639. The van der Waals surface area contributed by atoms with E-state index in [-0.39, 0.29) is 0 Å². The SMILES string of the molecule is [CH2]CC[S+]=O. The molecule has 0 fully saturated rings. The summed E-state index contributed by atoms with van der Waals surface area (Å²) in [6, 6.07) is 0. The zero-order valence-corrected chi connectivity index (χ0v) is 3.75. The van der Waals surface area contributed by atoms with E-state index in [1.807, 2.05) is 0 Å². The maximum absolute atomic E-state index is 9.41. The third-order valence-corrected chi connectivity index (χ3v) is 0.683. The van der Waals surface area contributed by atoms with Crippen molar-refractivity contribution in [3.05, 3.63) is 6.92 Å². The maximum Gasteiger partial charge on any atom is 0.458 e. The van der Waals surface area contributed by atoms with Crippen LogP contribution < -0.4 is 0 Å². The molecular formula is C3H6OS+. The predicted molar refractivity (Wildman–Crippen MR) is 22.9 cm³/mol. The van der Waals surface area contributed by atoms with Gasteiger partial charge in [-0.05, 0) is 6.92 Å². The molecular weight excluding hydrogens is 84.1 g/mol. The van der Waals surface area contributed by atoms with E-state index in [1.165, 1.54) is 0 Å². The van der Waals surface area contributed by atoms with Gasteiger partial charge >= 0.3 is 11.7 Å². The van der Waals surface area contributed by atoms with Crippen molar-refractivity contribution in [2.75, 3.05) is 5.75 Å². The van der Waals surface area contributed by atoms with E-state index in [0.717, 1.165) is 6.42 Å². The molecule has 0 heterocycles. The van der Waals surface area contributed by atoms with Crippen LogP contribution in [-0.4, -0.2) is 5.75 Å². The van der Waals surface area contributed by atoms with Crippen molar-refractivity contribution in [2.45, 2.75) is 6.42 Å². The van der Waals surface area contributed by atoms with Crippen LogP contribution in [0.2, 0.25) is 0 Å². The fraction of sp³-hybridized carbons (Fsp3) is 0.667. The molecule has 5 heavy (non-hydrogen) atoms. The molecule has 0 aliphatic rings. The quantitative estimate of drug-likeness (QED) is 0.455. The third-order valence-electron chi connectivity index (χ3n) is 0.228. The summed E-state index contributed by atoms with van der Waals surface area (Å²) in [7, 11) is 0. The van der Waals surface area contributed by atoms with Gasteiger partial charge in [0.25, 0.3) is 0 Å². The van der Waals surface area contributed by atoms with E-state index in [0.29, 0.717) is 17.4 Å². The molecule has 0 saturated carbocycles. The van der Waals surface area contributed by atoms with E-state index in [2.05, 4.69) is 6.92 Å². The lowest BCUT2D eigenvalue weighted by Crippen LogP contribution is -1.70. The summed E-state index contributed by atoms with van der Waals surface area (Å²) in [4.78, 5) is 0. The predicted octanol–water partition coefficient (Wildman–Crippen LogP) is 0.639. The molecule has 0 aliphatic heterocycles. The molecule has 0 unspecified atom stereocenters. The Morgan fingerprint density at radius 1 is 1.80 bits per heavy atom. The number of rotatable bonds is 2. The Labute approximate surface area is 35.9 Å². The topological polar surface area (TPSA) is 17.1 Å². The highest BCUT2D eigenvalue weighted by molar-refractivity contribution is 7.65. The Balaban J connectivity index is 2.40.